The zero-order valence-corrected chi connectivity index (χ0v) is 12.5. The number of anilines is 1. The molecule has 94 valence electrons. The van der Waals surface area contributed by atoms with Gasteiger partial charge in [-0.05, 0) is 42.2 Å². The average molecular weight is 267 g/mol. The van der Waals surface area contributed by atoms with Crippen molar-refractivity contribution in [2.45, 2.75) is 30.9 Å². The minimum Gasteiger partial charge on any atom is -0.398 e. The lowest BCUT2D eigenvalue weighted by atomic mass is 9.95. The lowest BCUT2D eigenvalue weighted by molar-refractivity contribution is 0.638. The van der Waals surface area contributed by atoms with Gasteiger partial charge in [0, 0.05) is 22.1 Å². The second-order valence-electron chi connectivity index (χ2n) is 5.12. The van der Waals surface area contributed by atoms with Crippen LogP contribution in [0.3, 0.4) is 0 Å². The van der Waals surface area contributed by atoms with Crippen LogP contribution in [0.4, 0.5) is 5.69 Å². The maximum absolute atomic E-state index is 6.32. The molecular weight excluding hydrogens is 246 g/mol. The maximum atomic E-state index is 6.32. The smallest absolute Gasteiger partial charge is 0.0496 e. The molecule has 0 spiro atoms. The molecule has 2 rings (SSSR count). The number of aryl methyl sites for hydroxylation is 1. The summed E-state index contributed by atoms with van der Waals surface area (Å²) in [6.07, 6.45) is 3.35. The lowest BCUT2D eigenvalue weighted by Crippen LogP contribution is -2.13. The Balaban J connectivity index is 2.47. The molecule has 17 heavy (non-hydrogen) atoms. The first kappa shape index (κ1) is 13.0. The van der Waals surface area contributed by atoms with Crippen molar-refractivity contribution in [1.29, 1.82) is 0 Å². The molecule has 1 aromatic carbocycles. The predicted octanol–water partition coefficient (Wildman–Crippen LogP) is 3.69. The van der Waals surface area contributed by atoms with E-state index < -0.39 is 0 Å². The minimum absolute atomic E-state index is 0.168. The van der Waals surface area contributed by atoms with Gasteiger partial charge in [-0.3, -0.25) is 0 Å². The Morgan fingerprint density at radius 1 is 1.59 bits per heavy atom. The van der Waals surface area contributed by atoms with E-state index in [9.17, 15) is 0 Å². The SMILES string of the molecule is C=S(C)Cc1cc(C)c2c(c1N)SCC(C)C2. The van der Waals surface area contributed by atoms with Crippen LogP contribution in [-0.4, -0.2) is 17.9 Å². The van der Waals surface area contributed by atoms with E-state index in [1.165, 1.54) is 33.8 Å². The third kappa shape index (κ3) is 2.71. The monoisotopic (exact) mass is 267 g/mol. The van der Waals surface area contributed by atoms with Gasteiger partial charge in [-0.15, -0.1) is 11.8 Å². The third-order valence-corrected chi connectivity index (χ3v) is 5.49. The summed E-state index contributed by atoms with van der Waals surface area (Å²) in [5, 5.41) is 0. The van der Waals surface area contributed by atoms with Gasteiger partial charge >= 0.3 is 0 Å². The van der Waals surface area contributed by atoms with Gasteiger partial charge in [0.05, 0.1) is 0 Å². The first-order valence-electron chi connectivity index (χ1n) is 5.95. The molecule has 0 aliphatic carbocycles. The average Bonchev–Trinajstić information content (AvgIpc) is 2.25. The number of thioether (sulfide) groups is 1. The van der Waals surface area contributed by atoms with E-state index in [0.717, 1.165) is 17.4 Å². The first-order valence-corrected chi connectivity index (χ1v) is 8.90. The number of hydrogen-bond donors (Lipinski definition) is 1. The molecule has 0 aromatic heterocycles. The number of nitrogens with two attached hydrogens (primary N) is 1. The van der Waals surface area contributed by atoms with Gasteiger partial charge in [0.25, 0.3) is 0 Å². The Morgan fingerprint density at radius 2 is 2.29 bits per heavy atom. The van der Waals surface area contributed by atoms with Gasteiger partial charge in [-0.25, -0.2) is 0 Å². The van der Waals surface area contributed by atoms with Crippen LogP contribution in [0.25, 0.3) is 0 Å². The molecule has 2 atom stereocenters. The summed E-state index contributed by atoms with van der Waals surface area (Å²) in [5.74, 6) is 7.07. The van der Waals surface area contributed by atoms with Crippen molar-refractivity contribution in [3.8, 4) is 0 Å². The van der Waals surface area contributed by atoms with Crippen molar-refractivity contribution in [2.75, 3.05) is 17.7 Å². The fraction of sp³-hybridized carbons (Fsp3) is 0.500. The fourth-order valence-electron chi connectivity index (χ4n) is 2.35. The summed E-state index contributed by atoms with van der Waals surface area (Å²) < 4.78 is 0. The van der Waals surface area contributed by atoms with Gasteiger partial charge in [-0.2, -0.15) is 10.5 Å². The van der Waals surface area contributed by atoms with Crippen molar-refractivity contribution in [2.24, 2.45) is 5.92 Å². The summed E-state index contributed by atoms with van der Waals surface area (Å²) in [4.78, 5) is 1.35. The summed E-state index contributed by atoms with van der Waals surface area (Å²) in [5.41, 5.74) is 11.5. The van der Waals surface area contributed by atoms with E-state index in [1.54, 1.807) is 0 Å². The van der Waals surface area contributed by atoms with E-state index in [2.05, 4.69) is 32.0 Å². The van der Waals surface area contributed by atoms with Crippen molar-refractivity contribution in [3.05, 3.63) is 22.8 Å². The van der Waals surface area contributed by atoms with Crippen LogP contribution in [0.5, 0.6) is 0 Å². The first-order chi connectivity index (χ1) is 7.99. The van der Waals surface area contributed by atoms with Gasteiger partial charge in [-0.1, -0.05) is 18.9 Å². The normalized spacial score (nSPS) is 21.0. The van der Waals surface area contributed by atoms with Crippen molar-refractivity contribution in [1.82, 2.24) is 0 Å². The van der Waals surface area contributed by atoms with E-state index in [-0.39, 0.29) is 10.5 Å². The van der Waals surface area contributed by atoms with Crippen molar-refractivity contribution < 1.29 is 0 Å². The molecular formula is C14H21NS2. The molecule has 2 unspecified atom stereocenters. The lowest BCUT2D eigenvalue weighted by Gasteiger charge is -2.25. The minimum atomic E-state index is 0.168. The molecule has 0 amide bonds. The topological polar surface area (TPSA) is 26.0 Å². The highest BCUT2D eigenvalue weighted by Gasteiger charge is 2.21. The molecule has 1 nitrogen and oxygen atoms in total. The number of benzene rings is 1. The van der Waals surface area contributed by atoms with Crippen molar-refractivity contribution >= 4 is 33.8 Å². The number of rotatable bonds is 2. The van der Waals surface area contributed by atoms with Crippen molar-refractivity contribution in [3.63, 3.8) is 0 Å². The second kappa shape index (κ2) is 5.07. The van der Waals surface area contributed by atoms with E-state index >= 15 is 0 Å². The highest BCUT2D eigenvalue weighted by atomic mass is 32.2. The second-order valence-corrected chi connectivity index (χ2v) is 8.00. The fourth-order valence-corrected chi connectivity index (χ4v) is 4.39. The van der Waals surface area contributed by atoms with Gasteiger partial charge in [0.1, 0.15) is 0 Å². The highest BCUT2D eigenvalue weighted by molar-refractivity contribution is 8.12. The van der Waals surface area contributed by atoms with E-state index in [1.807, 2.05) is 11.8 Å². The van der Waals surface area contributed by atoms with E-state index in [4.69, 9.17) is 5.73 Å². The van der Waals surface area contributed by atoms with Crippen LogP contribution in [0, 0.1) is 12.8 Å². The molecule has 1 aliphatic rings. The molecule has 0 bridgehead atoms. The van der Waals surface area contributed by atoms with Crippen LogP contribution in [0.15, 0.2) is 11.0 Å². The quantitative estimate of drug-likeness (QED) is 0.653. The molecule has 0 saturated heterocycles. The number of fused-ring (bicyclic) bond motifs is 1. The Hall–Kier alpha value is -0.410. The number of hydrogen-bond acceptors (Lipinski definition) is 2. The predicted molar refractivity (Wildman–Crippen MR) is 83.5 cm³/mol. The van der Waals surface area contributed by atoms with Crippen LogP contribution in [-0.2, 0) is 12.2 Å². The molecule has 2 N–H and O–H groups in total. The zero-order chi connectivity index (χ0) is 12.6. The Bertz CT molecular complexity index is 466. The summed E-state index contributed by atoms with van der Waals surface area (Å²) in [6.45, 7) is 4.54. The molecule has 0 radical (unpaired) electrons. The summed E-state index contributed by atoms with van der Waals surface area (Å²) in [6, 6.07) is 2.28. The molecule has 0 fully saturated rings. The summed E-state index contributed by atoms with van der Waals surface area (Å²) in [7, 11) is 0.168. The molecule has 1 aromatic rings. The Morgan fingerprint density at radius 3 is 2.94 bits per heavy atom. The molecule has 0 saturated carbocycles. The molecule has 1 heterocycles. The van der Waals surface area contributed by atoms with Gasteiger partial charge < -0.3 is 5.73 Å². The molecule has 1 aliphatic heterocycles. The zero-order valence-electron chi connectivity index (χ0n) is 10.9. The van der Waals surface area contributed by atoms with Gasteiger partial charge in [0.15, 0.2) is 0 Å². The van der Waals surface area contributed by atoms with E-state index in [0.29, 0.717) is 0 Å². The van der Waals surface area contributed by atoms with Crippen LogP contribution >= 0.6 is 22.2 Å². The third-order valence-electron chi connectivity index (χ3n) is 3.20. The number of nitrogen functional groups attached to an aromatic ring is 1. The standard InChI is InChI=1S/C14H21NS2/c1-9-5-12-10(2)6-11(8-17(3)4)13(15)14(12)16-7-9/h6,9H,3,5,7-8,15H2,1-2,4H3. The maximum Gasteiger partial charge on any atom is 0.0496 e. The Kier molecular flexibility index (Phi) is 3.88. The highest BCUT2D eigenvalue weighted by Crippen LogP contribution is 2.41. The largest absolute Gasteiger partial charge is 0.398 e. The summed E-state index contributed by atoms with van der Waals surface area (Å²) >= 11 is 1.94. The van der Waals surface area contributed by atoms with Crippen LogP contribution in [0.2, 0.25) is 0 Å². The van der Waals surface area contributed by atoms with Crippen LogP contribution in [0.1, 0.15) is 23.6 Å². The molecule has 3 heteroatoms. The van der Waals surface area contributed by atoms with Crippen LogP contribution < -0.4 is 5.73 Å². The van der Waals surface area contributed by atoms with Gasteiger partial charge in [0.2, 0.25) is 0 Å². The Labute approximate surface area is 111 Å².